The first-order valence-electron chi connectivity index (χ1n) is 8.51. The number of nitrogens with one attached hydrogen (secondary N) is 1. The molecule has 1 atom stereocenters. The molecule has 0 spiro atoms. The van der Waals surface area contributed by atoms with Crippen molar-refractivity contribution in [3.63, 3.8) is 0 Å². The van der Waals surface area contributed by atoms with Crippen LogP contribution in [-0.2, 0) is 27.7 Å². The van der Waals surface area contributed by atoms with E-state index in [0.29, 0.717) is 24.3 Å². The number of hydrogen-bond acceptors (Lipinski definition) is 4. The van der Waals surface area contributed by atoms with Crippen molar-refractivity contribution in [1.29, 1.82) is 0 Å². The lowest BCUT2D eigenvalue weighted by atomic mass is 10.0. The van der Waals surface area contributed by atoms with E-state index in [0.717, 1.165) is 29.7 Å². The Hall–Kier alpha value is -1.70. The second-order valence-electron chi connectivity index (χ2n) is 6.46. The number of rotatable bonds is 3. The summed E-state index contributed by atoms with van der Waals surface area (Å²) < 4.78 is 28.2. The first kappa shape index (κ1) is 16.8. The van der Waals surface area contributed by atoms with E-state index in [1.54, 1.807) is 33.8 Å². The van der Waals surface area contributed by atoms with Gasteiger partial charge in [0.2, 0.25) is 15.9 Å². The molecule has 0 saturated heterocycles. The third kappa shape index (κ3) is 2.80. The normalized spacial score (nSPS) is 20.7. The minimum absolute atomic E-state index is 0.0184. The van der Waals surface area contributed by atoms with Gasteiger partial charge in [-0.1, -0.05) is 6.92 Å². The average molecular weight is 377 g/mol. The van der Waals surface area contributed by atoms with Crippen LogP contribution in [0, 0.1) is 0 Å². The number of sulfonamides is 1. The van der Waals surface area contributed by atoms with E-state index in [4.69, 9.17) is 0 Å². The van der Waals surface area contributed by atoms with Gasteiger partial charge in [0.15, 0.2) is 0 Å². The fraction of sp³-hybridized carbons (Fsp3) is 0.389. The number of carbonyl (C=O) groups is 1. The smallest absolute Gasteiger partial charge is 0.243 e. The van der Waals surface area contributed by atoms with Crippen LogP contribution in [0.15, 0.2) is 34.5 Å². The van der Waals surface area contributed by atoms with Crippen LogP contribution in [0.25, 0.3) is 0 Å². The summed E-state index contributed by atoms with van der Waals surface area (Å²) in [6.07, 6.45) is 2.50. The summed E-state index contributed by atoms with van der Waals surface area (Å²) in [4.78, 5) is 13.1. The number of aryl methyl sites for hydroxylation is 1. The van der Waals surface area contributed by atoms with Gasteiger partial charge in [-0.3, -0.25) is 4.79 Å². The van der Waals surface area contributed by atoms with Gasteiger partial charge in [0.1, 0.15) is 0 Å². The SMILES string of the molecule is CCC1c2ccsc2CCN1S(=O)(=O)c1ccc2c(c1)CCC(=O)N2. The van der Waals surface area contributed by atoms with Crippen molar-refractivity contribution in [3.05, 3.63) is 45.6 Å². The van der Waals surface area contributed by atoms with Crippen LogP contribution in [0.5, 0.6) is 0 Å². The Morgan fingerprint density at radius 2 is 2.08 bits per heavy atom. The molecular weight excluding hydrogens is 356 g/mol. The highest BCUT2D eigenvalue weighted by molar-refractivity contribution is 7.89. The number of anilines is 1. The summed E-state index contributed by atoms with van der Waals surface area (Å²) in [7, 11) is -3.57. The van der Waals surface area contributed by atoms with Crippen molar-refractivity contribution < 1.29 is 13.2 Å². The molecule has 1 N–H and O–H groups in total. The predicted octanol–water partition coefficient (Wildman–Crippen LogP) is 3.33. The molecule has 0 aliphatic carbocycles. The van der Waals surface area contributed by atoms with Gasteiger partial charge >= 0.3 is 0 Å². The van der Waals surface area contributed by atoms with E-state index < -0.39 is 10.0 Å². The Morgan fingerprint density at radius 1 is 1.24 bits per heavy atom. The van der Waals surface area contributed by atoms with Crippen LogP contribution in [0.3, 0.4) is 0 Å². The third-order valence-electron chi connectivity index (χ3n) is 5.01. The summed E-state index contributed by atoms with van der Waals surface area (Å²) in [5, 5.41) is 4.85. The van der Waals surface area contributed by atoms with Crippen molar-refractivity contribution in [2.75, 3.05) is 11.9 Å². The molecule has 2 aliphatic rings. The molecule has 2 aromatic rings. The lowest BCUT2D eigenvalue weighted by molar-refractivity contribution is -0.116. The molecule has 0 fully saturated rings. The van der Waals surface area contributed by atoms with Crippen LogP contribution in [0.1, 0.15) is 41.8 Å². The lowest BCUT2D eigenvalue weighted by Crippen LogP contribution is -2.39. The van der Waals surface area contributed by atoms with Crippen molar-refractivity contribution >= 4 is 33.0 Å². The van der Waals surface area contributed by atoms with Gasteiger partial charge in [-0.2, -0.15) is 4.31 Å². The molecule has 1 aromatic heterocycles. The number of thiophene rings is 1. The predicted molar refractivity (Wildman–Crippen MR) is 98.3 cm³/mol. The van der Waals surface area contributed by atoms with E-state index in [1.165, 1.54) is 4.88 Å². The molecule has 3 heterocycles. The van der Waals surface area contributed by atoms with Crippen molar-refractivity contribution in [3.8, 4) is 0 Å². The van der Waals surface area contributed by atoms with Gasteiger partial charge in [-0.25, -0.2) is 8.42 Å². The molecule has 0 radical (unpaired) electrons. The van der Waals surface area contributed by atoms with Crippen molar-refractivity contribution in [2.24, 2.45) is 0 Å². The Labute approximate surface area is 151 Å². The maximum Gasteiger partial charge on any atom is 0.243 e. The zero-order valence-corrected chi connectivity index (χ0v) is 15.6. The summed E-state index contributed by atoms with van der Waals surface area (Å²) >= 11 is 1.71. The van der Waals surface area contributed by atoms with Gasteiger partial charge < -0.3 is 5.32 Å². The zero-order valence-electron chi connectivity index (χ0n) is 14.0. The van der Waals surface area contributed by atoms with Crippen LogP contribution in [0.4, 0.5) is 5.69 Å². The lowest BCUT2D eigenvalue weighted by Gasteiger charge is -2.34. The third-order valence-corrected chi connectivity index (χ3v) is 7.91. The van der Waals surface area contributed by atoms with Gasteiger partial charge in [0.25, 0.3) is 0 Å². The zero-order chi connectivity index (χ0) is 17.6. The van der Waals surface area contributed by atoms with E-state index in [-0.39, 0.29) is 11.9 Å². The minimum atomic E-state index is -3.57. The number of hydrogen-bond donors (Lipinski definition) is 1. The first-order valence-corrected chi connectivity index (χ1v) is 10.8. The van der Waals surface area contributed by atoms with Crippen LogP contribution in [-0.4, -0.2) is 25.2 Å². The number of nitrogens with zero attached hydrogens (tertiary/aromatic N) is 1. The van der Waals surface area contributed by atoms with Crippen LogP contribution >= 0.6 is 11.3 Å². The van der Waals surface area contributed by atoms with E-state index in [9.17, 15) is 13.2 Å². The second-order valence-corrected chi connectivity index (χ2v) is 9.35. The molecule has 1 aromatic carbocycles. The van der Waals surface area contributed by atoms with E-state index >= 15 is 0 Å². The summed E-state index contributed by atoms with van der Waals surface area (Å²) in [5.41, 5.74) is 2.76. The molecule has 132 valence electrons. The Balaban J connectivity index is 1.71. The summed E-state index contributed by atoms with van der Waals surface area (Å²) in [6, 6.07) is 6.99. The topological polar surface area (TPSA) is 66.5 Å². The molecule has 2 aliphatic heterocycles. The standard InChI is InChI=1S/C18H20N2O3S2/c1-2-16-14-8-10-24-17(14)7-9-20(16)25(22,23)13-4-5-15-12(11-13)3-6-18(21)19-15/h4-5,8,10-11,16H,2-3,6-7,9H2,1H3,(H,19,21). The quantitative estimate of drug-likeness (QED) is 0.893. The fourth-order valence-corrected chi connectivity index (χ4v) is 6.40. The van der Waals surface area contributed by atoms with Crippen molar-refractivity contribution in [1.82, 2.24) is 4.31 Å². The van der Waals surface area contributed by atoms with Crippen LogP contribution in [0.2, 0.25) is 0 Å². The first-order chi connectivity index (χ1) is 12.0. The molecule has 25 heavy (non-hydrogen) atoms. The highest BCUT2D eigenvalue weighted by Gasteiger charge is 2.36. The molecule has 4 rings (SSSR count). The number of fused-ring (bicyclic) bond motifs is 2. The maximum absolute atomic E-state index is 13.3. The number of amides is 1. The molecule has 0 saturated carbocycles. The monoisotopic (exact) mass is 376 g/mol. The van der Waals surface area contributed by atoms with Gasteiger partial charge in [0, 0.05) is 23.5 Å². The Bertz CT molecular complexity index is 934. The fourth-order valence-electron chi connectivity index (χ4n) is 3.74. The Kier molecular flexibility index (Phi) is 4.17. The molecule has 0 bridgehead atoms. The van der Waals surface area contributed by atoms with E-state index in [2.05, 4.69) is 11.4 Å². The van der Waals surface area contributed by atoms with Gasteiger partial charge in [0.05, 0.1) is 10.9 Å². The Morgan fingerprint density at radius 3 is 2.88 bits per heavy atom. The molecule has 1 unspecified atom stereocenters. The van der Waals surface area contributed by atoms with Gasteiger partial charge in [-0.05, 0) is 60.0 Å². The van der Waals surface area contributed by atoms with Crippen molar-refractivity contribution in [2.45, 2.75) is 43.5 Å². The highest BCUT2D eigenvalue weighted by atomic mass is 32.2. The van der Waals surface area contributed by atoms with Gasteiger partial charge in [-0.15, -0.1) is 11.3 Å². The minimum Gasteiger partial charge on any atom is -0.326 e. The second kappa shape index (κ2) is 6.23. The van der Waals surface area contributed by atoms with Crippen LogP contribution < -0.4 is 5.32 Å². The molecule has 5 nitrogen and oxygen atoms in total. The summed E-state index contributed by atoms with van der Waals surface area (Å²) in [6.45, 7) is 2.55. The number of benzene rings is 1. The maximum atomic E-state index is 13.3. The molecule has 1 amide bonds. The summed E-state index contributed by atoms with van der Waals surface area (Å²) in [5.74, 6) is -0.0184. The van der Waals surface area contributed by atoms with E-state index in [1.807, 2.05) is 12.3 Å². The number of carbonyl (C=O) groups excluding carboxylic acids is 1. The highest BCUT2D eigenvalue weighted by Crippen LogP contribution is 2.39. The molecular formula is C18H20N2O3S2. The average Bonchev–Trinajstić information content (AvgIpc) is 3.09. The molecule has 7 heteroatoms. The largest absolute Gasteiger partial charge is 0.326 e.